The Bertz CT molecular complexity index is 1280. The number of ether oxygens (including phenoxy) is 2. The summed E-state index contributed by atoms with van der Waals surface area (Å²) in [5.74, 6) is 1.31. The Morgan fingerprint density at radius 1 is 0.912 bits per heavy atom. The molecule has 1 saturated heterocycles. The topological polar surface area (TPSA) is 39.5 Å². The lowest BCUT2D eigenvalue weighted by Gasteiger charge is -2.26. The van der Waals surface area contributed by atoms with Crippen LogP contribution in [0.3, 0.4) is 0 Å². The highest BCUT2D eigenvalue weighted by molar-refractivity contribution is 5.83. The van der Waals surface area contributed by atoms with Gasteiger partial charge in [0.15, 0.2) is 0 Å². The number of aromatic nitrogens is 2. The summed E-state index contributed by atoms with van der Waals surface area (Å²) in [6.07, 6.45) is -3.55. The van der Waals surface area contributed by atoms with Crippen LogP contribution in [0, 0.1) is 0 Å². The van der Waals surface area contributed by atoms with Gasteiger partial charge in [-0.3, -0.25) is 4.90 Å². The van der Waals surface area contributed by atoms with Gasteiger partial charge in [-0.05, 0) is 47.5 Å². The third-order valence-corrected chi connectivity index (χ3v) is 6.20. The lowest BCUT2D eigenvalue weighted by atomic mass is 10.1. The SMILES string of the molecule is FC(F)(F)c1ccc2c(c1)nc(COc1ccc3ccccc3c1)n2CCCN1CCOCC1. The summed E-state index contributed by atoms with van der Waals surface area (Å²) in [7, 11) is 0. The van der Waals surface area contributed by atoms with Crippen LogP contribution in [-0.2, 0) is 24.1 Å². The second-order valence-electron chi connectivity index (χ2n) is 8.49. The second kappa shape index (κ2) is 9.64. The van der Waals surface area contributed by atoms with Gasteiger partial charge < -0.3 is 14.0 Å². The van der Waals surface area contributed by atoms with Crippen molar-refractivity contribution in [3.63, 3.8) is 0 Å². The summed E-state index contributed by atoms with van der Waals surface area (Å²) < 4.78 is 53.2. The first-order valence-corrected chi connectivity index (χ1v) is 11.5. The van der Waals surface area contributed by atoms with E-state index in [9.17, 15) is 13.2 Å². The molecule has 178 valence electrons. The van der Waals surface area contributed by atoms with Gasteiger partial charge in [-0.15, -0.1) is 0 Å². The molecule has 1 fully saturated rings. The molecule has 5 nitrogen and oxygen atoms in total. The Kier molecular flexibility index (Phi) is 6.43. The highest BCUT2D eigenvalue weighted by Crippen LogP contribution is 2.32. The van der Waals surface area contributed by atoms with E-state index in [0.717, 1.165) is 62.2 Å². The smallest absolute Gasteiger partial charge is 0.416 e. The van der Waals surface area contributed by atoms with Gasteiger partial charge in [0.2, 0.25) is 0 Å². The van der Waals surface area contributed by atoms with Gasteiger partial charge in [0, 0.05) is 26.2 Å². The number of alkyl halides is 3. The Labute approximate surface area is 195 Å². The van der Waals surface area contributed by atoms with Crippen molar-refractivity contribution in [2.75, 3.05) is 32.8 Å². The van der Waals surface area contributed by atoms with Crippen LogP contribution in [-0.4, -0.2) is 47.3 Å². The number of nitrogens with zero attached hydrogens (tertiary/aromatic N) is 3. The predicted molar refractivity (Wildman–Crippen MR) is 125 cm³/mol. The maximum atomic E-state index is 13.3. The molecule has 2 heterocycles. The molecule has 1 aromatic heterocycles. The highest BCUT2D eigenvalue weighted by atomic mass is 19.4. The van der Waals surface area contributed by atoms with Gasteiger partial charge in [-0.25, -0.2) is 4.98 Å². The van der Waals surface area contributed by atoms with Gasteiger partial charge >= 0.3 is 6.18 Å². The minimum absolute atomic E-state index is 0.173. The largest absolute Gasteiger partial charge is 0.486 e. The maximum Gasteiger partial charge on any atom is 0.416 e. The summed E-state index contributed by atoms with van der Waals surface area (Å²) in [5.41, 5.74) is 0.324. The number of rotatable bonds is 7. The number of benzene rings is 3. The lowest BCUT2D eigenvalue weighted by molar-refractivity contribution is -0.137. The van der Waals surface area contributed by atoms with Crippen molar-refractivity contribution in [2.24, 2.45) is 0 Å². The van der Waals surface area contributed by atoms with Crippen molar-refractivity contribution in [3.8, 4) is 5.75 Å². The number of imidazole rings is 1. The van der Waals surface area contributed by atoms with Gasteiger partial charge in [-0.2, -0.15) is 13.2 Å². The van der Waals surface area contributed by atoms with Gasteiger partial charge in [0.1, 0.15) is 18.2 Å². The monoisotopic (exact) mass is 469 g/mol. The number of morpholine rings is 1. The normalized spacial score (nSPS) is 15.3. The number of aryl methyl sites for hydroxylation is 1. The average Bonchev–Trinajstić information content (AvgIpc) is 3.19. The minimum atomic E-state index is -4.41. The van der Waals surface area contributed by atoms with Gasteiger partial charge in [0.25, 0.3) is 0 Å². The lowest BCUT2D eigenvalue weighted by Crippen LogP contribution is -2.37. The molecule has 5 rings (SSSR count). The zero-order valence-electron chi connectivity index (χ0n) is 18.7. The third-order valence-electron chi connectivity index (χ3n) is 6.20. The fourth-order valence-electron chi connectivity index (χ4n) is 4.40. The molecule has 1 aliphatic heterocycles. The van der Waals surface area contributed by atoms with E-state index in [1.807, 2.05) is 47.0 Å². The number of hydrogen-bond acceptors (Lipinski definition) is 4. The molecular weight excluding hydrogens is 443 g/mol. The molecule has 3 aromatic carbocycles. The molecule has 0 amide bonds. The molecule has 0 spiro atoms. The molecule has 0 radical (unpaired) electrons. The van der Waals surface area contributed by atoms with Crippen LogP contribution in [0.2, 0.25) is 0 Å². The molecular formula is C26H26F3N3O2. The number of halogens is 3. The highest BCUT2D eigenvalue weighted by Gasteiger charge is 2.31. The molecule has 0 saturated carbocycles. The van der Waals surface area contributed by atoms with Crippen molar-refractivity contribution in [2.45, 2.75) is 25.7 Å². The van der Waals surface area contributed by atoms with E-state index in [1.54, 1.807) is 0 Å². The van der Waals surface area contributed by atoms with Crippen molar-refractivity contribution in [1.29, 1.82) is 0 Å². The minimum Gasteiger partial charge on any atom is -0.486 e. The predicted octanol–water partition coefficient (Wildman–Crippen LogP) is 5.51. The molecule has 0 aliphatic carbocycles. The van der Waals surface area contributed by atoms with E-state index in [1.165, 1.54) is 6.07 Å². The molecule has 4 aromatic rings. The third kappa shape index (κ3) is 5.03. The Hall–Kier alpha value is -3.10. The van der Waals surface area contributed by atoms with Gasteiger partial charge in [-0.1, -0.05) is 30.3 Å². The summed E-state index contributed by atoms with van der Waals surface area (Å²) in [6.45, 7) is 4.99. The van der Waals surface area contributed by atoms with Crippen molar-refractivity contribution in [3.05, 3.63) is 72.1 Å². The zero-order chi connectivity index (χ0) is 23.5. The summed E-state index contributed by atoms with van der Waals surface area (Å²) in [6, 6.07) is 17.6. The molecule has 8 heteroatoms. The summed E-state index contributed by atoms with van der Waals surface area (Å²) in [5, 5.41) is 2.18. The van der Waals surface area contributed by atoms with Crippen LogP contribution in [0.15, 0.2) is 60.7 Å². The molecule has 1 aliphatic rings. The molecule has 0 atom stereocenters. The summed E-state index contributed by atoms with van der Waals surface area (Å²) >= 11 is 0. The molecule has 0 bridgehead atoms. The fraction of sp³-hybridized carbons (Fsp3) is 0.346. The molecule has 0 unspecified atom stereocenters. The van der Waals surface area contributed by atoms with E-state index < -0.39 is 11.7 Å². The average molecular weight is 470 g/mol. The van der Waals surface area contributed by atoms with Crippen molar-refractivity contribution < 1.29 is 22.6 Å². The van der Waals surface area contributed by atoms with E-state index in [-0.39, 0.29) is 6.61 Å². The van der Waals surface area contributed by atoms with Crippen LogP contribution < -0.4 is 4.74 Å². The molecule has 0 N–H and O–H groups in total. The first-order valence-electron chi connectivity index (χ1n) is 11.5. The van der Waals surface area contributed by atoms with Crippen LogP contribution in [0.1, 0.15) is 17.8 Å². The Morgan fingerprint density at radius 3 is 2.50 bits per heavy atom. The Morgan fingerprint density at radius 2 is 1.71 bits per heavy atom. The quantitative estimate of drug-likeness (QED) is 0.358. The van der Waals surface area contributed by atoms with Gasteiger partial charge in [0.05, 0.1) is 29.8 Å². The van der Waals surface area contributed by atoms with Crippen LogP contribution >= 0.6 is 0 Å². The van der Waals surface area contributed by atoms with E-state index >= 15 is 0 Å². The van der Waals surface area contributed by atoms with Crippen LogP contribution in [0.25, 0.3) is 21.8 Å². The van der Waals surface area contributed by atoms with E-state index in [2.05, 4.69) is 9.88 Å². The Balaban J connectivity index is 1.38. The van der Waals surface area contributed by atoms with Crippen molar-refractivity contribution in [1.82, 2.24) is 14.5 Å². The first-order chi connectivity index (χ1) is 16.5. The van der Waals surface area contributed by atoms with Crippen LogP contribution in [0.5, 0.6) is 5.75 Å². The summed E-state index contributed by atoms with van der Waals surface area (Å²) in [4.78, 5) is 6.88. The number of hydrogen-bond donors (Lipinski definition) is 0. The second-order valence-corrected chi connectivity index (χ2v) is 8.49. The fourth-order valence-corrected chi connectivity index (χ4v) is 4.40. The maximum absolute atomic E-state index is 13.3. The van der Waals surface area contributed by atoms with E-state index in [4.69, 9.17) is 9.47 Å². The van der Waals surface area contributed by atoms with Crippen molar-refractivity contribution >= 4 is 21.8 Å². The molecule has 34 heavy (non-hydrogen) atoms. The van der Waals surface area contributed by atoms with E-state index in [0.29, 0.717) is 29.2 Å². The van der Waals surface area contributed by atoms with Crippen LogP contribution in [0.4, 0.5) is 13.2 Å². The standard InChI is InChI=1S/C26H26F3N3O2/c27-26(28,29)21-7-9-24-23(17-21)30-25(32(24)11-3-10-31-12-14-33-15-13-31)18-34-22-8-6-19-4-1-2-5-20(19)16-22/h1-2,4-9,16-17H,3,10-15,18H2. The first kappa shape index (κ1) is 22.7. The zero-order valence-corrected chi connectivity index (χ0v) is 18.7. The number of fused-ring (bicyclic) bond motifs is 2.